The summed E-state index contributed by atoms with van der Waals surface area (Å²) in [6.07, 6.45) is 3.43. The van der Waals surface area contributed by atoms with Gasteiger partial charge >= 0.3 is 0 Å². The molecule has 150 valence electrons. The molecule has 3 rings (SSSR count). The number of benzene rings is 2. The number of fused-ring (bicyclic) bond motifs is 1. The van der Waals surface area contributed by atoms with E-state index in [2.05, 4.69) is 17.4 Å². The van der Waals surface area contributed by atoms with Crippen LogP contribution in [0.25, 0.3) is 0 Å². The smallest absolute Gasteiger partial charge is 0.258 e. The van der Waals surface area contributed by atoms with Crippen molar-refractivity contribution in [3.63, 3.8) is 0 Å². The molecule has 0 aromatic heterocycles. The van der Waals surface area contributed by atoms with Crippen LogP contribution in [0, 0.1) is 0 Å². The molecule has 0 heterocycles. The first kappa shape index (κ1) is 20.1. The normalized spacial score (nSPS) is 13.5. The van der Waals surface area contributed by atoms with Gasteiger partial charge in [0, 0.05) is 0 Å². The van der Waals surface area contributed by atoms with E-state index in [1.54, 1.807) is 0 Å². The highest BCUT2D eigenvalue weighted by atomic mass is 16.5. The summed E-state index contributed by atoms with van der Waals surface area (Å²) in [5.74, 6) is 2.01. The van der Waals surface area contributed by atoms with Gasteiger partial charge in [-0.1, -0.05) is 12.1 Å². The molecule has 0 saturated carbocycles. The lowest BCUT2D eigenvalue weighted by atomic mass is 10.1. The number of carbonyl (C=O) groups excluding carboxylic acids is 1. The second-order valence-corrected chi connectivity index (χ2v) is 6.93. The van der Waals surface area contributed by atoms with Gasteiger partial charge in [0.05, 0.1) is 19.3 Å². The highest BCUT2D eigenvalue weighted by molar-refractivity contribution is 5.78. The van der Waals surface area contributed by atoms with Crippen LogP contribution in [0.5, 0.6) is 17.2 Å². The van der Waals surface area contributed by atoms with E-state index in [0.29, 0.717) is 24.7 Å². The van der Waals surface area contributed by atoms with Crippen molar-refractivity contribution in [2.24, 2.45) is 0 Å². The van der Waals surface area contributed by atoms with Gasteiger partial charge in [-0.05, 0) is 81.0 Å². The van der Waals surface area contributed by atoms with Crippen LogP contribution in [0.3, 0.4) is 0 Å². The maximum absolute atomic E-state index is 12.3. The van der Waals surface area contributed by atoms with Crippen LogP contribution in [-0.4, -0.2) is 25.7 Å². The fourth-order valence-corrected chi connectivity index (χ4v) is 3.49. The van der Waals surface area contributed by atoms with Crippen molar-refractivity contribution in [2.75, 3.05) is 19.8 Å². The van der Waals surface area contributed by atoms with Crippen LogP contribution in [0.1, 0.15) is 49.9 Å². The lowest BCUT2D eigenvalue weighted by molar-refractivity contribution is -0.123. The van der Waals surface area contributed by atoms with Gasteiger partial charge in [0.25, 0.3) is 5.91 Å². The third-order valence-corrected chi connectivity index (χ3v) is 4.88. The van der Waals surface area contributed by atoms with E-state index in [1.165, 1.54) is 17.5 Å². The number of rotatable bonds is 9. The van der Waals surface area contributed by atoms with Gasteiger partial charge < -0.3 is 19.5 Å². The topological polar surface area (TPSA) is 56.8 Å². The summed E-state index contributed by atoms with van der Waals surface area (Å²) >= 11 is 0. The Hall–Kier alpha value is -2.69. The minimum atomic E-state index is -0.161. The van der Waals surface area contributed by atoms with Crippen molar-refractivity contribution in [1.82, 2.24) is 5.32 Å². The molecule has 0 unspecified atom stereocenters. The molecule has 1 amide bonds. The molecule has 0 spiro atoms. The van der Waals surface area contributed by atoms with Gasteiger partial charge in [0.1, 0.15) is 5.75 Å². The molecule has 1 N–H and O–H groups in total. The highest BCUT2D eigenvalue weighted by Gasteiger charge is 2.15. The first-order valence-electron chi connectivity index (χ1n) is 10.0. The molecule has 1 aliphatic rings. The minimum Gasteiger partial charge on any atom is -0.490 e. The average molecular weight is 383 g/mol. The van der Waals surface area contributed by atoms with Crippen LogP contribution in [0.15, 0.2) is 36.4 Å². The lowest BCUT2D eigenvalue weighted by Gasteiger charge is -2.18. The zero-order valence-corrected chi connectivity index (χ0v) is 16.9. The lowest BCUT2D eigenvalue weighted by Crippen LogP contribution is -2.31. The SMILES string of the molecule is CCOc1ccc([C@@H](C)NC(=O)COc2ccc3c(c2)CCC3)cc1OCC. The van der Waals surface area contributed by atoms with Gasteiger partial charge in [0.2, 0.25) is 0 Å². The summed E-state index contributed by atoms with van der Waals surface area (Å²) < 4.78 is 16.9. The van der Waals surface area contributed by atoms with Crippen molar-refractivity contribution in [2.45, 2.75) is 46.1 Å². The summed E-state index contributed by atoms with van der Waals surface area (Å²) in [6, 6.07) is 11.7. The zero-order chi connectivity index (χ0) is 19.9. The molecule has 5 heteroatoms. The first-order chi connectivity index (χ1) is 13.6. The Kier molecular flexibility index (Phi) is 6.80. The fraction of sp³-hybridized carbons (Fsp3) is 0.435. The molecule has 0 fully saturated rings. The van der Waals surface area contributed by atoms with Gasteiger partial charge in [-0.3, -0.25) is 4.79 Å². The molecule has 0 aliphatic heterocycles. The summed E-state index contributed by atoms with van der Waals surface area (Å²) in [5, 5.41) is 2.98. The minimum absolute atomic E-state index is 0.00151. The van der Waals surface area contributed by atoms with Crippen LogP contribution >= 0.6 is 0 Å². The standard InChI is InChI=1S/C23H29NO4/c1-4-26-21-12-10-18(14-22(21)27-5-2)16(3)24-23(25)15-28-20-11-9-17-7-6-8-19(17)13-20/h9-14,16H,4-8,15H2,1-3H3,(H,24,25)/t16-/m1/s1. The number of aryl methyl sites for hydroxylation is 2. The largest absolute Gasteiger partial charge is 0.490 e. The van der Waals surface area contributed by atoms with E-state index in [0.717, 1.165) is 24.2 Å². The van der Waals surface area contributed by atoms with E-state index < -0.39 is 0 Å². The molecule has 0 saturated heterocycles. The van der Waals surface area contributed by atoms with Crippen molar-refractivity contribution in [1.29, 1.82) is 0 Å². The van der Waals surface area contributed by atoms with Crippen molar-refractivity contribution in [3.05, 3.63) is 53.1 Å². The second kappa shape index (κ2) is 9.49. The molecule has 28 heavy (non-hydrogen) atoms. The summed E-state index contributed by atoms with van der Waals surface area (Å²) in [5.41, 5.74) is 3.69. The number of amides is 1. The van der Waals surface area contributed by atoms with Gasteiger partial charge in [-0.15, -0.1) is 0 Å². The number of hydrogen-bond donors (Lipinski definition) is 1. The number of hydrogen-bond acceptors (Lipinski definition) is 4. The van der Waals surface area contributed by atoms with Crippen LogP contribution in [0.4, 0.5) is 0 Å². The predicted molar refractivity (Wildman–Crippen MR) is 109 cm³/mol. The Morgan fingerprint density at radius 3 is 2.50 bits per heavy atom. The molecule has 0 radical (unpaired) electrons. The molecule has 2 aromatic rings. The molecular formula is C23H29NO4. The van der Waals surface area contributed by atoms with E-state index in [1.807, 2.05) is 45.0 Å². The van der Waals surface area contributed by atoms with Gasteiger partial charge in [-0.2, -0.15) is 0 Å². The van der Waals surface area contributed by atoms with Crippen LogP contribution in [-0.2, 0) is 17.6 Å². The highest BCUT2D eigenvalue weighted by Crippen LogP contribution is 2.31. The Balaban J connectivity index is 1.57. The van der Waals surface area contributed by atoms with Crippen molar-refractivity contribution >= 4 is 5.91 Å². The molecule has 2 aromatic carbocycles. The monoisotopic (exact) mass is 383 g/mol. The van der Waals surface area contributed by atoms with Crippen molar-refractivity contribution in [3.8, 4) is 17.2 Å². The number of ether oxygens (including phenoxy) is 3. The summed E-state index contributed by atoms with van der Waals surface area (Å²) in [7, 11) is 0. The van der Waals surface area contributed by atoms with E-state index >= 15 is 0 Å². The molecular weight excluding hydrogens is 354 g/mol. The van der Waals surface area contributed by atoms with Gasteiger partial charge in [0.15, 0.2) is 18.1 Å². The van der Waals surface area contributed by atoms with Gasteiger partial charge in [-0.25, -0.2) is 0 Å². The molecule has 1 aliphatic carbocycles. The summed E-state index contributed by atoms with van der Waals surface area (Å²) in [6.45, 7) is 6.94. The third kappa shape index (κ3) is 4.97. The third-order valence-electron chi connectivity index (χ3n) is 4.88. The second-order valence-electron chi connectivity index (χ2n) is 6.93. The predicted octanol–water partition coefficient (Wildman–Crippen LogP) is 4.23. The Labute approximate surface area is 167 Å². The van der Waals surface area contributed by atoms with Crippen LogP contribution < -0.4 is 19.5 Å². The zero-order valence-electron chi connectivity index (χ0n) is 16.9. The quantitative estimate of drug-likeness (QED) is 0.704. The maximum Gasteiger partial charge on any atom is 0.258 e. The average Bonchev–Trinajstić information content (AvgIpc) is 3.16. The van der Waals surface area contributed by atoms with Crippen LogP contribution in [0.2, 0.25) is 0 Å². The number of nitrogens with one attached hydrogen (secondary N) is 1. The molecule has 5 nitrogen and oxygen atoms in total. The Morgan fingerprint density at radius 1 is 0.964 bits per heavy atom. The first-order valence-corrected chi connectivity index (χ1v) is 10.0. The maximum atomic E-state index is 12.3. The fourth-order valence-electron chi connectivity index (χ4n) is 3.49. The Bertz CT molecular complexity index is 818. The Morgan fingerprint density at radius 2 is 1.71 bits per heavy atom. The van der Waals surface area contributed by atoms with E-state index in [9.17, 15) is 4.79 Å². The molecule has 1 atom stereocenters. The number of carbonyl (C=O) groups is 1. The van der Waals surface area contributed by atoms with E-state index in [-0.39, 0.29) is 18.6 Å². The molecule has 0 bridgehead atoms. The van der Waals surface area contributed by atoms with Crippen molar-refractivity contribution < 1.29 is 19.0 Å². The summed E-state index contributed by atoms with van der Waals surface area (Å²) in [4.78, 5) is 12.3. The van der Waals surface area contributed by atoms with E-state index in [4.69, 9.17) is 14.2 Å².